The molecule has 0 atom stereocenters. The molecule has 2 N–H and O–H groups in total. The van der Waals surface area contributed by atoms with Crippen molar-refractivity contribution in [1.29, 1.82) is 0 Å². The highest BCUT2D eigenvalue weighted by Gasteiger charge is 2.02. The molecule has 2 aromatic rings. The molecule has 3 nitrogen and oxygen atoms in total. The summed E-state index contributed by atoms with van der Waals surface area (Å²) in [5.41, 5.74) is 2.18. The van der Waals surface area contributed by atoms with Crippen molar-refractivity contribution in [1.82, 2.24) is 5.32 Å². The molecule has 0 aliphatic rings. The van der Waals surface area contributed by atoms with Gasteiger partial charge in [0.25, 0.3) is 0 Å². The number of furan rings is 1. The Bertz CT molecular complexity index is 462. The number of benzene rings is 1. The first-order valence-corrected chi connectivity index (χ1v) is 5.60. The molecule has 0 fully saturated rings. The molecule has 2 rings (SSSR count). The lowest BCUT2D eigenvalue weighted by Gasteiger charge is -1.99. The van der Waals surface area contributed by atoms with Gasteiger partial charge in [0, 0.05) is 12.0 Å². The number of aliphatic hydroxyl groups excluding tert-OH is 1. The first kappa shape index (κ1) is 11.2. The van der Waals surface area contributed by atoms with Gasteiger partial charge in [-0.1, -0.05) is 11.6 Å². The zero-order valence-electron chi connectivity index (χ0n) is 9.49. The van der Waals surface area contributed by atoms with Crippen molar-refractivity contribution in [3.05, 3.63) is 35.6 Å². The van der Waals surface area contributed by atoms with Crippen LogP contribution < -0.4 is 5.32 Å². The first-order chi connectivity index (χ1) is 7.79. The van der Waals surface area contributed by atoms with E-state index in [-0.39, 0.29) is 6.61 Å². The fraction of sp³-hybridized carbons (Fsp3) is 0.385. The van der Waals surface area contributed by atoms with Gasteiger partial charge in [0.2, 0.25) is 0 Å². The minimum Gasteiger partial charge on any atom is -0.460 e. The molecule has 0 bridgehead atoms. The maximum absolute atomic E-state index is 8.64. The molecular formula is C13H17NO2. The number of nitrogens with one attached hydrogen (secondary N) is 1. The number of rotatable bonds is 5. The number of fused-ring (bicyclic) bond motifs is 1. The van der Waals surface area contributed by atoms with Gasteiger partial charge in [-0.25, -0.2) is 0 Å². The van der Waals surface area contributed by atoms with Crippen LogP contribution in [0.3, 0.4) is 0 Å². The molecule has 1 aromatic heterocycles. The standard InChI is InChI=1S/C13H17NO2/c1-10-3-4-13-11(7-10)8-12(16-13)9-14-5-2-6-15/h3-4,7-8,14-15H,2,5-6,9H2,1H3. The third-order valence-corrected chi connectivity index (χ3v) is 2.53. The van der Waals surface area contributed by atoms with Gasteiger partial charge in [0.15, 0.2) is 0 Å². The fourth-order valence-corrected chi connectivity index (χ4v) is 1.72. The van der Waals surface area contributed by atoms with Gasteiger partial charge in [-0.05, 0) is 38.1 Å². The average molecular weight is 219 g/mol. The van der Waals surface area contributed by atoms with Crippen molar-refractivity contribution >= 4 is 11.0 Å². The maximum atomic E-state index is 8.64. The van der Waals surface area contributed by atoms with Crippen LogP contribution in [0.1, 0.15) is 17.7 Å². The third-order valence-electron chi connectivity index (χ3n) is 2.53. The molecular weight excluding hydrogens is 202 g/mol. The molecule has 0 radical (unpaired) electrons. The van der Waals surface area contributed by atoms with Crippen LogP contribution in [0.4, 0.5) is 0 Å². The third kappa shape index (κ3) is 2.62. The van der Waals surface area contributed by atoms with Crippen LogP contribution in [0.2, 0.25) is 0 Å². The van der Waals surface area contributed by atoms with Crippen LogP contribution in [0.5, 0.6) is 0 Å². The highest BCUT2D eigenvalue weighted by Crippen LogP contribution is 2.20. The van der Waals surface area contributed by atoms with E-state index in [1.165, 1.54) is 5.56 Å². The number of hydrogen-bond donors (Lipinski definition) is 2. The van der Waals surface area contributed by atoms with Gasteiger partial charge >= 0.3 is 0 Å². The van der Waals surface area contributed by atoms with Gasteiger partial charge in [0.1, 0.15) is 11.3 Å². The van der Waals surface area contributed by atoms with Crippen molar-refractivity contribution in [2.24, 2.45) is 0 Å². The lowest BCUT2D eigenvalue weighted by Crippen LogP contribution is -2.15. The van der Waals surface area contributed by atoms with Crippen molar-refractivity contribution in [3.8, 4) is 0 Å². The van der Waals surface area contributed by atoms with Crippen molar-refractivity contribution in [2.45, 2.75) is 19.9 Å². The minimum atomic E-state index is 0.228. The molecule has 3 heteroatoms. The molecule has 86 valence electrons. The van der Waals surface area contributed by atoms with Gasteiger partial charge in [-0.3, -0.25) is 0 Å². The Morgan fingerprint density at radius 2 is 2.19 bits per heavy atom. The summed E-state index contributed by atoms with van der Waals surface area (Å²) in [6, 6.07) is 8.24. The summed E-state index contributed by atoms with van der Waals surface area (Å²) >= 11 is 0. The lowest BCUT2D eigenvalue weighted by atomic mass is 10.2. The molecule has 0 amide bonds. The summed E-state index contributed by atoms with van der Waals surface area (Å²) in [6.45, 7) is 3.83. The monoisotopic (exact) mass is 219 g/mol. The zero-order valence-corrected chi connectivity index (χ0v) is 9.49. The second kappa shape index (κ2) is 5.14. The zero-order chi connectivity index (χ0) is 11.4. The Kier molecular flexibility index (Phi) is 3.59. The Labute approximate surface area is 95.1 Å². The van der Waals surface area contributed by atoms with Crippen LogP contribution in [0, 0.1) is 6.92 Å². The Morgan fingerprint density at radius 3 is 3.00 bits per heavy atom. The first-order valence-electron chi connectivity index (χ1n) is 5.60. The van der Waals surface area contributed by atoms with Crippen molar-refractivity contribution in [2.75, 3.05) is 13.2 Å². The molecule has 0 aliphatic heterocycles. The normalized spacial score (nSPS) is 11.1. The summed E-state index contributed by atoms with van der Waals surface area (Å²) in [4.78, 5) is 0. The molecule has 16 heavy (non-hydrogen) atoms. The molecule has 0 unspecified atom stereocenters. The molecule has 0 spiro atoms. The number of aryl methyl sites for hydroxylation is 1. The topological polar surface area (TPSA) is 45.4 Å². The Morgan fingerprint density at radius 1 is 1.31 bits per heavy atom. The van der Waals surface area contributed by atoms with Gasteiger partial charge in [-0.2, -0.15) is 0 Å². The summed E-state index contributed by atoms with van der Waals surface area (Å²) < 4.78 is 5.68. The molecule has 0 saturated carbocycles. The second-order valence-electron chi connectivity index (χ2n) is 4.01. The summed E-state index contributed by atoms with van der Waals surface area (Å²) in [5, 5.41) is 13.0. The van der Waals surface area contributed by atoms with Crippen molar-refractivity contribution < 1.29 is 9.52 Å². The largest absolute Gasteiger partial charge is 0.460 e. The summed E-state index contributed by atoms with van der Waals surface area (Å²) in [5.74, 6) is 0.943. The number of hydrogen-bond acceptors (Lipinski definition) is 3. The Hall–Kier alpha value is -1.32. The molecule has 0 aliphatic carbocycles. The quantitative estimate of drug-likeness (QED) is 0.758. The summed E-state index contributed by atoms with van der Waals surface area (Å²) in [7, 11) is 0. The van der Waals surface area contributed by atoms with Gasteiger partial charge < -0.3 is 14.8 Å². The molecule has 0 saturated heterocycles. The van der Waals surface area contributed by atoms with Gasteiger partial charge in [-0.15, -0.1) is 0 Å². The van der Waals surface area contributed by atoms with Crippen molar-refractivity contribution in [3.63, 3.8) is 0 Å². The summed E-state index contributed by atoms with van der Waals surface area (Å²) in [6.07, 6.45) is 0.777. The van der Waals surface area contributed by atoms with E-state index >= 15 is 0 Å². The van der Waals surface area contributed by atoms with E-state index in [1.807, 2.05) is 6.07 Å². The van der Waals surface area contributed by atoms with E-state index in [2.05, 4.69) is 30.4 Å². The Balaban J connectivity index is 2.02. The molecule has 1 heterocycles. The highest BCUT2D eigenvalue weighted by atomic mass is 16.3. The smallest absolute Gasteiger partial charge is 0.134 e. The van der Waals surface area contributed by atoms with E-state index in [4.69, 9.17) is 9.52 Å². The predicted octanol–water partition coefficient (Wildman–Crippen LogP) is 2.21. The van der Waals surface area contributed by atoms with E-state index in [1.54, 1.807) is 0 Å². The van der Waals surface area contributed by atoms with Crippen LogP contribution in [-0.2, 0) is 6.54 Å². The van der Waals surface area contributed by atoms with E-state index in [0.29, 0.717) is 6.54 Å². The van der Waals surface area contributed by atoms with Gasteiger partial charge in [0.05, 0.1) is 6.54 Å². The SMILES string of the molecule is Cc1ccc2oc(CNCCCO)cc2c1. The second-order valence-corrected chi connectivity index (χ2v) is 4.01. The minimum absolute atomic E-state index is 0.228. The van der Waals surface area contributed by atoms with E-state index in [9.17, 15) is 0 Å². The van der Waals surface area contributed by atoms with Crippen LogP contribution in [0.25, 0.3) is 11.0 Å². The molecule has 1 aromatic carbocycles. The lowest BCUT2D eigenvalue weighted by molar-refractivity contribution is 0.285. The van der Waals surface area contributed by atoms with Crippen LogP contribution in [0.15, 0.2) is 28.7 Å². The van der Waals surface area contributed by atoms with Crippen LogP contribution >= 0.6 is 0 Å². The maximum Gasteiger partial charge on any atom is 0.134 e. The average Bonchev–Trinajstić information content (AvgIpc) is 2.66. The fourth-order valence-electron chi connectivity index (χ4n) is 1.72. The van der Waals surface area contributed by atoms with E-state index in [0.717, 1.165) is 29.7 Å². The number of aliphatic hydroxyl groups is 1. The predicted molar refractivity (Wildman–Crippen MR) is 64.4 cm³/mol. The van der Waals surface area contributed by atoms with E-state index < -0.39 is 0 Å². The van der Waals surface area contributed by atoms with Crippen LogP contribution in [-0.4, -0.2) is 18.3 Å². The highest BCUT2D eigenvalue weighted by molar-refractivity contribution is 5.78.